The standard InChI is InChI=1S/C11H17O2P/c1-4-8-14(12,13-3)11-7-5-6-10(2)9-11/h5-7,9H,4,8H2,1-3H3. The predicted molar refractivity (Wildman–Crippen MR) is 60.6 cm³/mol. The number of hydrogen-bond acceptors (Lipinski definition) is 2. The normalized spacial score (nSPS) is 15.1. The van der Waals surface area contributed by atoms with E-state index in [-0.39, 0.29) is 0 Å². The zero-order chi connectivity index (χ0) is 10.6. The van der Waals surface area contributed by atoms with Gasteiger partial charge in [0.25, 0.3) is 0 Å². The first-order chi connectivity index (χ1) is 6.62. The van der Waals surface area contributed by atoms with Gasteiger partial charge in [0, 0.05) is 18.6 Å². The number of aryl methyl sites for hydroxylation is 1. The molecule has 1 aromatic carbocycles. The molecular weight excluding hydrogens is 195 g/mol. The molecule has 0 aliphatic rings. The molecule has 0 heterocycles. The van der Waals surface area contributed by atoms with Crippen molar-refractivity contribution in [3.05, 3.63) is 29.8 Å². The van der Waals surface area contributed by atoms with Gasteiger partial charge in [0.1, 0.15) is 0 Å². The molecule has 0 radical (unpaired) electrons. The van der Waals surface area contributed by atoms with Gasteiger partial charge in [-0.1, -0.05) is 24.6 Å². The predicted octanol–water partition coefficient (Wildman–Crippen LogP) is 2.95. The molecule has 0 spiro atoms. The molecule has 3 heteroatoms. The van der Waals surface area contributed by atoms with E-state index in [0.717, 1.165) is 17.3 Å². The Hall–Kier alpha value is -0.590. The summed E-state index contributed by atoms with van der Waals surface area (Å²) in [7, 11) is -1.05. The molecule has 78 valence electrons. The molecular formula is C11H17O2P. The average Bonchev–Trinajstić information content (AvgIpc) is 2.18. The van der Waals surface area contributed by atoms with Crippen LogP contribution in [-0.2, 0) is 9.09 Å². The van der Waals surface area contributed by atoms with Crippen LogP contribution in [0.25, 0.3) is 0 Å². The van der Waals surface area contributed by atoms with Gasteiger partial charge in [-0.15, -0.1) is 0 Å². The maximum atomic E-state index is 12.3. The SMILES string of the molecule is CCCP(=O)(OC)c1cccc(C)c1. The summed E-state index contributed by atoms with van der Waals surface area (Å²) >= 11 is 0. The topological polar surface area (TPSA) is 26.3 Å². The van der Waals surface area contributed by atoms with Gasteiger partial charge in [-0.05, 0) is 25.5 Å². The minimum atomic E-state index is -2.58. The molecule has 14 heavy (non-hydrogen) atoms. The van der Waals surface area contributed by atoms with E-state index in [1.165, 1.54) is 7.11 Å². The van der Waals surface area contributed by atoms with Crippen LogP contribution in [0.2, 0.25) is 0 Å². The quantitative estimate of drug-likeness (QED) is 0.717. The molecule has 0 aliphatic heterocycles. The van der Waals surface area contributed by atoms with Gasteiger partial charge >= 0.3 is 0 Å². The van der Waals surface area contributed by atoms with Crippen molar-refractivity contribution in [2.75, 3.05) is 13.3 Å². The maximum Gasteiger partial charge on any atom is 0.231 e. The van der Waals surface area contributed by atoms with Crippen molar-refractivity contribution in [1.82, 2.24) is 0 Å². The van der Waals surface area contributed by atoms with Crippen LogP contribution in [0.1, 0.15) is 18.9 Å². The summed E-state index contributed by atoms with van der Waals surface area (Å²) in [5, 5.41) is 0.835. The monoisotopic (exact) mass is 212 g/mol. The first kappa shape index (κ1) is 11.5. The highest BCUT2D eigenvalue weighted by molar-refractivity contribution is 7.66. The molecule has 1 atom stereocenters. The number of benzene rings is 1. The summed E-state index contributed by atoms with van der Waals surface area (Å²) in [5.41, 5.74) is 1.12. The van der Waals surface area contributed by atoms with E-state index in [0.29, 0.717) is 6.16 Å². The molecule has 0 N–H and O–H groups in total. The Bertz CT molecular complexity index is 347. The van der Waals surface area contributed by atoms with Crippen molar-refractivity contribution in [1.29, 1.82) is 0 Å². The van der Waals surface area contributed by atoms with E-state index in [9.17, 15) is 4.57 Å². The lowest BCUT2D eigenvalue weighted by molar-refractivity contribution is 0.402. The molecule has 1 unspecified atom stereocenters. The van der Waals surface area contributed by atoms with E-state index >= 15 is 0 Å². The Labute approximate surface area is 85.7 Å². The van der Waals surface area contributed by atoms with E-state index < -0.39 is 7.37 Å². The molecule has 0 saturated carbocycles. The first-order valence-electron chi connectivity index (χ1n) is 4.84. The Morgan fingerprint density at radius 1 is 1.43 bits per heavy atom. The van der Waals surface area contributed by atoms with Crippen LogP contribution < -0.4 is 5.30 Å². The van der Waals surface area contributed by atoms with Gasteiger partial charge in [-0.25, -0.2) is 0 Å². The second-order valence-corrected chi connectivity index (χ2v) is 6.09. The smallest absolute Gasteiger partial charge is 0.231 e. The summed E-state index contributed by atoms with van der Waals surface area (Å²) in [4.78, 5) is 0. The lowest BCUT2D eigenvalue weighted by atomic mass is 10.2. The van der Waals surface area contributed by atoms with Gasteiger partial charge in [0.15, 0.2) is 0 Å². The zero-order valence-corrected chi connectivity index (χ0v) is 9.88. The van der Waals surface area contributed by atoms with Crippen LogP contribution in [0.3, 0.4) is 0 Å². The van der Waals surface area contributed by atoms with Gasteiger partial charge in [-0.3, -0.25) is 4.57 Å². The molecule has 1 rings (SSSR count). The summed E-state index contributed by atoms with van der Waals surface area (Å²) < 4.78 is 17.5. The third-order valence-electron chi connectivity index (χ3n) is 2.21. The second-order valence-electron chi connectivity index (χ2n) is 3.42. The van der Waals surface area contributed by atoms with Crippen molar-refractivity contribution >= 4 is 12.7 Å². The Morgan fingerprint density at radius 3 is 2.64 bits per heavy atom. The third-order valence-corrected chi connectivity index (χ3v) is 4.90. The van der Waals surface area contributed by atoms with Crippen molar-refractivity contribution < 1.29 is 9.09 Å². The fourth-order valence-corrected chi connectivity index (χ4v) is 3.41. The van der Waals surface area contributed by atoms with Gasteiger partial charge in [0.2, 0.25) is 7.37 Å². The Balaban J connectivity index is 3.06. The lowest BCUT2D eigenvalue weighted by Crippen LogP contribution is -2.09. The summed E-state index contributed by atoms with van der Waals surface area (Å²) in [6.07, 6.45) is 1.49. The Morgan fingerprint density at radius 2 is 2.14 bits per heavy atom. The zero-order valence-electron chi connectivity index (χ0n) is 8.99. The van der Waals surface area contributed by atoms with Crippen LogP contribution in [-0.4, -0.2) is 13.3 Å². The van der Waals surface area contributed by atoms with Crippen LogP contribution in [0.5, 0.6) is 0 Å². The Kier molecular flexibility index (Phi) is 3.91. The lowest BCUT2D eigenvalue weighted by Gasteiger charge is -2.15. The van der Waals surface area contributed by atoms with Gasteiger partial charge in [0.05, 0.1) is 0 Å². The van der Waals surface area contributed by atoms with Crippen molar-refractivity contribution in [3.63, 3.8) is 0 Å². The first-order valence-corrected chi connectivity index (χ1v) is 6.65. The van der Waals surface area contributed by atoms with Crippen LogP contribution in [0.4, 0.5) is 0 Å². The molecule has 0 fully saturated rings. The fourth-order valence-electron chi connectivity index (χ4n) is 1.46. The highest BCUT2D eigenvalue weighted by Crippen LogP contribution is 2.45. The van der Waals surface area contributed by atoms with Crippen molar-refractivity contribution in [2.24, 2.45) is 0 Å². The molecule has 0 bridgehead atoms. The van der Waals surface area contributed by atoms with E-state index in [1.807, 2.05) is 38.1 Å². The van der Waals surface area contributed by atoms with Crippen molar-refractivity contribution in [3.8, 4) is 0 Å². The van der Waals surface area contributed by atoms with E-state index in [4.69, 9.17) is 4.52 Å². The van der Waals surface area contributed by atoms with E-state index in [2.05, 4.69) is 0 Å². The van der Waals surface area contributed by atoms with Crippen LogP contribution in [0, 0.1) is 6.92 Å². The molecule has 0 saturated heterocycles. The number of rotatable bonds is 4. The highest BCUT2D eigenvalue weighted by atomic mass is 31.2. The average molecular weight is 212 g/mol. The molecule has 1 aromatic rings. The van der Waals surface area contributed by atoms with Gasteiger partial charge in [-0.2, -0.15) is 0 Å². The van der Waals surface area contributed by atoms with Crippen molar-refractivity contribution in [2.45, 2.75) is 20.3 Å². The minimum absolute atomic E-state index is 0.618. The van der Waals surface area contributed by atoms with Gasteiger partial charge < -0.3 is 4.52 Å². The van der Waals surface area contributed by atoms with E-state index in [1.54, 1.807) is 0 Å². The summed E-state index contributed by atoms with van der Waals surface area (Å²) in [6, 6.07) is 7.74. The largest absolute Gasteiger partial charge is 0.329 e. The fraction of sp³-hybridized carbons (Fsp3) is 0.455. The molecule has 0 aliphatic carbocycles. The highest BCUT2D eigenvalue weighted by Gasteiger charge is 2.22. The summed E-state index contributed by atoms with van der Waals surface area (Å²) in [6.45, 7) is 4.01. The molecule has 0 aromatic heterocycles. The third kappa shape index (κ3) is 2.46. The second kappa shape index (κ2) is 4.77. The summed E-state index contributed by atoms with van der Waals surface area (Å²) in [5.74, 6) is 0. The molecule has 0 amide bonds. The number of hydrogen-bond donors (Lipinski definition) is 0. The van der Waals surface area contributed by atoms with Crippen LogP contribution in [0.15, 0.2) is 24.3 Å². The maximum absolute atomic E-state index is 12.3. The molecule has 2 nitrogen and oxygen atoms in total. The van der Waals surface area contributed by atoms with Crippen LogP contribution >= 0.6 is 7.37 Å². The minimum Gasteiger partial charge on any atom is -0.329 e.